The third-order valence-electron chi connectivity index (χ3n) is 4.84. The monoisotopic (exact) mass is 376 g/mol. The van der Waals surface area contributed by atoms with Crippen molar-refractivity contribution in [1.82, 2.24) is 9.62 Å². The van der Waals surface area contributed by atoms with Gasteiger partial charge in [0.2, 0.25) is 10.0 Å². The molecule has 0 saturated carbocycles. The summed E-state index contributed by atoms with van der Waals surface area (Å²) in [6.07, 6.45) is 2.93. The smallest absolute Gasteiger partial charge is 0.243 e. The predicted molar refractivity (Wildman–Crippen MR) is 101 cm³/mol. The molecule has 140 valence electrons. The van der Waals surface area contributed by atoms with Crippen molar-refractivity contribution in [3.63, 3.8) is 0 Å². The van der Waals surface area contributed by atoms with Gasteiger partial charge >= 0.3 is 0 Å². The minimum atomic E-state index is -3.46. The number of halogens is 1. The quantitative estimate of drug-likeness (QED) is 0.838. The molecule has 1 N–H and O–H groups in total. The molecule has 0 radical (unpaired) electrons. The van der Waals surface area contributed by atoms with Crippen molar-refractivity contribution < 1.29 is 12.8 Å². The zero-order valence-electron chi connectivity index (χ0n) is 15.0. The van der Waals surface area contributed by atoms with Crippen LogP contribution in [0.2, 0.25) is 0 Å². The maximum Gasteiger partial charge on any atom is 0.243 e. The molecule has 0 amide bonds. The molecular formula is C20H25FN2O2S. The number of rotatable bonds is 6. The summed E-state index contributed by atoms with van der Waals surface area (Å²) >= 11 is 0. The normalized spacial score (nSPS) is 15.9. The summed E-state index contributed by atoms with van der Waals surface area (Å²) in [6.45, 7) is 4.07. The van der Waals surface area contributed by atoms with E-state index in [4.69, 9.17) is 0 Å². The highest BCUT2D eigenvalue weighted by molar-refractivity contribution is 7.89. The first-order chi connectivity index (χ1) is 12.5. The van der Waals surface area contributed by atoms with E-state index >= 15 is 0 Å². The third-order valence-corrected chi connectivity index (χ3v) is 6.84. The minimum absolute atomic E-state index is 0.246. The van der Waals surface area contributed by atoms with E-state index in [0.717, 1.165) is 36.0 Å². The molecule has 1 fully saturated rings. The molecule has 1 saturated heterocycles. The molecule has 6 heteroatoms. The first-order valence-corrected chi connectivity index (χ1v) is 10.5. The Morgan fingerprint density at radius 3 is 2.42 bits per heavy atom. The van der Waals surface area contributed by atoms with Crippen LogP contribution in [0.3, 0.4) is 0 Å². The summed E-state index contributed by atoms with van der Waals surface area (Å²) in [6, 6.07) is 11.9. The molecule has 0 bridgehead atoms. The molecule has 0 atom stereocenters. The Balaban J connectivity index is 1.73. The van der Waals surface area contributed by atoms with Crippen LogP contribution in [0, 0.1) is 12.7 Å². The molecular weight excluding hydrogens is 351 g/mol. The topological polar surface area (TPSA) is 49.4 Å². The standard InChI is InChI=1S/C20H25FN2O2S/c1-16-13-19(21)10-9-17(16)14-22-15-18-7-3-4-8-20(18)26(24,25)23-11-5-2-6-12-23/h3-4,7-10,13,22H,2,5-6,11-12,14-15H2,1H3. The van der Waals surface area contributed by atoms with Crippen molar-refractivity contribution in [2.45, 2.75) is 44.2 Å². The van der Waals surface area contributed by atoms with E-state index in [0.29, 0.717) is 31.1 Å². The van der Waals surface area contributed by atoms with Crippen molar-refractivity contribution in [1.29, 1.82) is 0 Å². The lowest BCUT2D eigenvalue weighted by Crippen LogP contribution is -2.36. The summed E-state index contributed by atoms with van der Waals surface area (Å²) in [5, 5.41) is 3.29. The van der Waals surface area contributed by atoms with Crippen molar-refractivity contribution >= 4 is 10.0 Å². The van der Waals surface area contributed by atoms with Crippen molar-refractivity contribution in [3.05, 3.63) is 65.0 Å². The van der Waals surface area contributed by atoms with Crippen LogP contribution < -0.4 is 5.32 Å². The summed E-state index contributed by atoms with van der Waals surface area (Å²) in [5.41, 5.74) is 2.65. The third kappa shape index (κ3) is 4.31. The summed E-state index contributed by atoms with van der Waals surface area (Å²) in [5.74, 6) is -0.246. The first kappa shape index (κ1) is 19.0. The van der Waals surface area contributed by atoms with Gasteiger partial charge in [0.15, 0.2) is 0 Å². The SMILES string of the molecule is Cc1cc(F)ccc1CNCc1ccccc1S(=O)(=O)N1CCCCC1. The van der Waals surface area contributed by atoms with Crippen molar-refractivity contribution in [3.8, 4) is 0 Å². The van der Waals surface area contributed by atoms with Crippen LogP contribution in [0.5, 0.6) is 0 Å². The van der Waals surface area contributed by atoms with Crippen molar-refractivity contribution in [2.24, 2.45) is 0 Å². The zero-order chi connectivity index (χ0) is 18.6. The van der Waals surface area contributed by atoms with E-state index in [9.17, 15) is 12.8 Å². The average Bonchev–Trinajstić information content (AvgIpc) is 2.64. The van der Waals surface area contributed by atoms with E-state index < -0.39 is 10.0 Å². The lowest BCUT2D eigenvalue weighted by Gasteiger charge is -2.26. The maximum absolute atomic E-state index is 13.2. The van der Waals surface area contributed by atoms with E-state index in [1.807, 2.05) is 19.1 Å². The van der Waals surface area contributed by atoms with E-state index in [-0.39, 0.29) is 5.82 Å². The highest BCUT2D eigenvalue weighted by Gasteiger charge is 2.27. The van der Waals surface area contributed by atoms with Crippen LogP contribution in [0.1, 0.15) is 36.0 Å². The van der Waals surface area contributed by atoms with Gasteiger partial charge in [-0.05, 0) is 54.7 Å². The molecule has 3 rings (SSSR count). The van der Waals surface area contributed by atoms with Gasteiger partial charge in [-0.25, -0.2) is 12.8 Å². The highest BCUT2D eigenvalue weighted by Crippen LogP contribution is 2.23. The average molecular weight is 376 g/mol. The van der Waals surface area contributed by atoms with Gasteiger partial charge in [-0.2, -0.15) is 4.31 Å². The zero-order valence-corrected chi connectivity index (χ0v) is 15.9. The highest BCUT2D eigenvalue weighted by atomic mass is 32.2. The number of aryl methyl sites for hydroxylation is 1. The molecule has 0 unspecified atom stereocenters. The van der Waals surface area contributed by atoms with E-state index in [2.05, 4.69) is 5.32 Å². The van der Waals surface area contributed by atoms with Gasteiger partial charge in [0.05, 0.1) is 4.90 Å². The molecule has 0 aromatic heterocycles. The van der Waals surface area contributed by atoms with Crippen LogP contribution in [0.15, 0.2) is 47.4 Å². The van der Waals surface area contributed by atoms with Gasteiger partial charge in [0.1, 0.15) is 5.82 Å². The van der Waals surface area contributed by atoms with Crippen molar-refractivity contribution in [2.75, 3.05) is 13.1 Å². The van der Waals surface area contributed by atoms with Gasteiger partial charge in [-0.3, -0.25) is 0 Å². The largest absolute Gasteiger partial charge is 0.309 e. The Kier molecular flexibility index (Phi) is 6.06. The fourth-order valence-electron chi connectivity index (χ4n) is 3.34. The second-order valence-corrected chi connectivity index (χ2v) is 8.65. The summed E-state index contributed by atoms with van der Waals surface area (Å²) in [4.78, 5) is 0.380. The molecule has 1 aliphatic heterocycles. The molecule has 4 nitrogen and oxygen atoms in total. The molecule has 1 aliphatic rings. The Morgan fingerprint density at radius 1 is 1.00 bits per heavy atom. The van der Waals surface area contributed by atoms with E-state index in [1.54, 1.807) is 22.5 Å². The Labute approximate surface area is 155 Å². The summed E-state index contributed by atoms with van der Waals surface area (Å²) in [7, 11) is -3.46. The Hall–Kier alpha value is -1.76. The van der Waals surface area contributed by atoms with Gasteiger partial charge in [0.25, 0.3) is 0 Å². The number of piperidine rings is 1. The first-order valence-electron chi connectivity index (χ1n) is 9.02. The van der Waals surface area contributed by atoms with Gasteiger partial charge in [-0.1, -0.05) is 30.7 Å². The second-order valence-electron chi connectivity index (χ2n) is 6.75. The van der Waals surface area contributed by atoms with Gasteiger partial charge in [-0.15, -0.1) is 0 Å². The van der Waals surface area contributed by atoms with Crippen LogP contribution >= 0.6 is 0 Å². The Morgan fingerprint density at radius 2 is 1.69 bits per heavy atom. The molecule has 1 heterocycles. The molecule has 26 heavy (non-hydrogen) atoms. The second kappa shape index (κ2) is 8.29. The fourth-order valence-corrected chi connectivity index (χ4v) is 5.07. The number of benzene rings is 2. The molecule has 2 aromatic carbocycles. The van der Waals surface area contributed by atoms with Crippen LogP contribution in [-0.2, 0) is 23.1 Å². The summed E-state index contributed by atoms with van der Waals surface area (Å²) < 4.78 is 40.8. The van der Waals surface area contributed by atoms with Crippen LogP contribution in [0.4, 0.5) is 4.39 Å². The number of hydrogen-bond donors (Lipinski definition) is 1. The Bertz CT molecular complexity index is 862. The molecule has 0 spiro atoms. The minimum Gasteiger partial charge on any atom is -0.309 e. The van der Waals surface area contributed by atoms with Gasteiger partial charge in [0, 0.05) is 26.2 Å². The molecule has 0 aliphatic carbocycles. The molecule has 2 aromatic rings. The number of nitrogens with one attached hydrogen (secondary N) is 1. The predicted octanol–water partition coefficient (Wildman–Crippen LogP) is 3.60. The van der Waals surface area contributed by atoms with Crippen LogP contribution in [-0.4, -0.2) is 25.8 Å². The van der Waals surface area contributed by atoms with Gasteiger partial charge < -0.3 is 5.32 Å². The van der Waals surface area contributed by atoms with Crippen LogP contribution in [0.25, 0.3) is 0 Å². The number of sulfonamides is 1. The number of nitrogens with zero attached hydrogens (tertiary/aromatic N) is 1. The van der Waals surface area contributed by atoms with E-state index in [1.165, 1.54) is 12.1 Å². The lowest BCUT2D eigenvalue weighted by molar-refractivity contribution is 0.346. The lowest BCUT2D eigenvalue weighted by atomic mass is 10.1. The fraction of sp³-hybridized carbons (Fsp3) is 0.400. The number of hydrogen-bond acceptors (Lipinski definition) is 3. The maximum atomic E-state index is 13.2.